The van der Waals surface area contributed by atoms with Crippen LogP contribution in [0.25, 0.3) is 0 Å². The van der Waals surface area contributed by atoms with Crippen molar-refractivity contribution < 1.29 is 49.8 Å². The third-order valence-electron chi connectivity index (χ3n) is 9.73. The van der Waals surface area contributed by atoms with Gasteiger partial charge < -0.3 is 62.5 Å². The summed E-state index contributed by atoms with van der Waals surface area (Å²) < 4.78 is 0. The molecule has 26 nitrogen and oxygen atoms in total. The fourth-order valence-corrected chi connectivity index (χ4v) is 6.37. The van der Waals surface area contributed by atoms with Gasteiger partial charge in [0, 0.05) is 35.8 Å². The van der Waals surface area contributed by atoms with Crippen LogP contribution in [0.2, 0.25) is 0 Å². The Kier molecular flexibility index (Phi) is 15.8. The van der Waals surface area contributed by atoms with Crippen LogP contribution in [0.1, 0.15) is 52.6 Å². The Balaban J connectivity index is 1.03. The quantitative estimate of drug-likeness (QED) is 0.0285. The Morgan fingerprint density at radius 3 is 0.986 bits per heavy atom. The molecule has 0 amide bonds. The number of carbonyl (C=O) groups is 4. The summed E-state index contributed by atoms with van der Waals surface area (Å²) in [7, 11) is 0. The minimum atomic E-state index is -1.31. The van der Waals surface area contributed by atoms with Crippen molar-refractivity contribution in [2.75, 3.05) is 58.2 Å². The Bertz CT molecular complexity index is 2970. The molecule has 366 valence electrons. The van der Waals surface area contributed by atoms with E-state index in [0.717, 1.165) is 12.1 Å². The van der Waals surface area contributed by atoms with Crippen molar-refractivity contribution in [3.8, 4) is 0 Å². The van der Waals surface area contributed by atoms with Gasteiger partial charge in [0.15, 0.2) is 0 Å². The highest BCUT2D eigenvalue weighted by molar-refractivity contribution is 5.96. The number of aliphatic hydroxyl groups is 2. The Labute approximate surface area is 406 Å². The van der Waals surface area contributed by atoms with Crippen LogP contribution in [0.15, 0.2) is 118 Å². The van der Waals surface area contributed by atoms with Crippen molar-refractivity contribution >= 4 is 105 Å². The molecule has 0 aliphatic rings. The van der Waals surface area contributed by atoms with E-state index in [1.807, 2.05) is 0 Å². The van der Waals surface area contributed by atoms with Gasteiger partial charge in [-0.1, -0.05) is 0 Å². The molecule has 0 aliphatic carbocycles. The van der Waals surface area contributed by atoms with Crippen molar-refractivity contribution in [1.29, 1.82) is 0 Å². The monoisotopic (exact) mass is 978 g/mol. The van der Waals surface area contributed by atoms with E-state index in [1.165, 1.54) is 24.3 Å². The number of rotatable bonds is 22. The lowest BCUT2D eigenvalue weighted by atomic mass is 10.1. The van der Waals surface area contributed by atoms with Crippen molar-refractivity contribution in [3.05, 3.63) is 130 Å². The highest BCUT2D eigenvalue weighted by Gasteiger charge is 2.15. The predicted octanol–water partition coefficient (Wildman–Crippen LogP) is 8.08. The summed E-state index contributed by atoms with van der Waals surface area (Å²) >= 11 is 0. The van der Waals surface area contributed by atoms with Gasteiger partial charge >= 0.3 is 23.9 Å². The molecule has 0 bridgehead atoms. The van der Waals surface area contributed by atoms with E-state index in [4.69, 9.17) is 0 Å². The third kappa shape index (κ3) is 13.5. The number of hydrogen-bond donors (Lipinski definition) is 12. The molecule has 0 saturated heterocycles. The van der Waals surface area contributed by atoms with Gasteiger partial charge in [-0.3, -0.25) is 0 Å². The number of aromatic carboxylic acids is 4. The summed E-state index contributed by atoms with van der Waals surface area (Å²) in [6, 6.07) is 24.1. The van der Waals surface area contributed by atoms with Crippen molar-refractivity contribution in [1.82, 2.24) is 29.9 Å². The fourth-order valence-electron chi connectivity index (χ4n) is 6.37. The molecular formula is C46H42N16O10. The second kappa shape index (κ2) is 22.8. The average molecular weight is 979 g/mol. The summed E-state index contributed by atoms with van der Waals surface area (Å²) in [5.41, 5.74) is 3.59. The molecule has 7 aromatic rings. The van der Waals surface area contributed by atoms with Crippen molar-refractivity contribution in [2.24, 2.45) is 20.5 Å². The van der Waals surface area contributed by atoms with E-state index < -0.39 is 23.9 Å². The highest BCUT2D eigenvalue weighted by atomic mass is 16.4. The SMILES string of the molecule is Cc1cc(Nc2nc(NCCO)nc(Nc3ccc(Nc4nc(NCCO)nc(Nc5ccc(N=Nc6cc(C(=O)O)cc(C(=O)O)c6)c(C)c5)n4)cc3)n2)ccc1N=Nc1cc(C(=O)O)cc(C(=O)O)c1. The van der Waals surface area contributed by atoms with E-state index in [2.05, 4.69) is 82.3 Å². The molecule has 0 unspecified atom stereocenters. The molecule has 7 rings (SSSR count). The van der Waals surface area contributed by atoms with Gasteiger partial charge in [0.2, 0.25) is 35.7 Å². The van der Waals surface area contributed by atoms with Crippen LogP contribution in [-0.2, 0) is 0 Å². The average Bonchev–Trinajstić information content (AvgIpc) is 3.34. The molecule has 2 heterocycles. The van der Waals surface area contributed by atoms with Crippen LogP contribution in [0.4, 0.5) is 81.2 Å². The Morgan fingerprint density at radius 1 is 0.403 bits per heavy atom. The maximum atomic E-state index is 11.5. The minimum absolute atomic E-state index is 0.0488. The third-order valence-corrected chi connectivity index (χ3v) is 9.73. The number of nitrogens with one attached hydrogen (secondary N) is 6. The molecule has 12 N–H and O–H groups in total. The maximum absolute atomic E-state index is 11.5. The lowest BCUT2D eigenvalue weighted by molar-refractivity contribution is 0.0676. The molecule has 0 saturated carbocycles. The molecule has 0 radical (unpaired) electrons. The molecule has 0 atom stereocenters. The summed E-state index contributed by atoms with van der Waals surface area (Å²) in [6.07, 6.45) is 0. The van der Waals surface area contributed by atoms with Crippen LogP contribution in [0.5, 0.6) is 0 Å². The summed E-state index contributed by atoms with van der Waals surface area (Å²) in [5, 5.41) is 91.4. The zero-order valence-corrected chi connectivity index (χ0v) is 37.9. The van der Waals surface area contributed by atoms with Crippen LogP contribution in [0.3, 0.4) is 0 Å². The number of anilines is 10. The second-order valence-electron chi connectivity index (χ2n) is 15.2. The molecule has 2 aromatic heterocycles. The van der Waals surface area contributed by atoms with E-state index in [1.54, 1.807) is 74.5 Å². The first-order valence-corrected chi connectivity index (χ1v) is 21.3. The standard InChI is InChI=1S/C46H42N16O10/c1-23-15-31(7-9-35(23)61-59-33-19-25(37(65)66)17-26(20-33)38(67)68)51-45-55-41(47-11-13-63)53-43(57-45)49-29-3-5-30(6-4-29)50-44-54-42(48-12-14-64)56-46(58-44)52-32-8-10-36(24(2)16-32)62-60-34-21-27(39(69)70)18-28(22-34)40(71)72/h3-10,15-22,63-64H,11-14H2,1-2H3,(H,65,66)(H,67,68)(H,69,70)(H,71,72)(H3,47,49,51,53,55,57)(H3,48,50,52,54,56,58). The van der Waals surface area contributed by atoms with Gasteiger partial charge in [0.25, 0.3) is 0 Å². The van der Waals surface area contributed by atoms with Gasteiger partial charge in [-0.2, -0.15) is 50.4 Å². The number of benzene rings is 5. The fraction of sp³-hybridized carbons (Fsp3) is 0.130. The predicted molar refractivity (Wildman–Crippen MR) is 262 cm³/mol. The highest BCUT2D eigenvalue weighted by Crippen LogP contribution is 2.30. The van der Waals surface area contributed by atoms with Gasteiger partial charge in [-0.15, -0.1) is 0 Å². The first-order valence-electron chi connectivity index (χ1n) is 21.3. The molecule has 0 aliphatic heterocycles. The lowest BCUT2D eigenvalue weighted by Gasteiger charge is -2.13. The normalized spacial score (nSPS) is 11.1. The van der Waals surface area contributed by atoms with Gasteiger partial charge in [0.1, 0.15) is 0 Å². The van der Waals surface area contributed by atoms with Crippen molar-refractivity contribution in [3.63, 3.8) is 0 Å². The topological polar surface area (TPSA) is 389 Å². The van der Waals surface area contributed by atoms with Gasteiger partial charge in [-0.05, 0) is 122 Å². The van der Waals surface area contributed by atoms with Crippen LogP contribution >= 0.6 is 0 Å². The molecule has 5 aromatic carbocycles. The molecule has 0 fully saturated rings. The maximum Gasteiger partial charge on any atom is 0.335 e. The number of aryl methyl sites for hydroxylation is 2. The van der Waals surface area contributed by atoms with Crippen molar-refractivity contribution in [2.45, 2.75) is 13.8 Å². The summed E-state index contributed by atoms with van der Waals surface area (Å²) in [6.45, 7) is 3.47. The number of aromatic nitrogens is 6. The molecule has 0 spiro atoms. The van der Waals surface area contributed by atoms with E-state index >= 15 is 0 Å². The summed E-state index contributed by atoms with van der Waals surface area (Å²) in [5.74, 6) is -4.31. The molecular weight excluding hydrogens is 937 g/mol. The Morgan fingerprint density at radius 2 is 0.694 bits per heavy atom. The van der Waals surface area contributed by atoms with Crippen LogP contribution < -0.4 is 31.9 Å². The first kappa shape index (κ1) is 49.8. The Hall–Kier alpha value is -10.1. The van der Waals surface area contributed by atoms with Crippen LogP contribution in [-0.4, -0.2) is 111 Å². The molecule has 72 heavy (non-hydrogen) atoms. The smallest absolute Gasteiger partial charge is 0.335 e. The van der Waals surface area contributed by atoms with E-state index in [9.17, 15) is 49.8 Å². The number of aliphatic hydroxyl groups excluding tert-OH is 2. The number of nitrogens with zero attached hydrogens (tertiary/aromatic N) is 10. The number of azo groups is 2. The second-order valence-corrected chi connectivity index (χ2v) is 15.2. The van der Waals surface area contributed by atoms with Gasteiger partial charge in [-0.25, -0.2) is 19.2 Å². The summed E-state index contributed by atoms with van der Waals surface area (Å²) in [4.78, 5) is 72.8. The molecule has 26 heteroatoms. The minimum Gasteiger partial charge on any atom is -0.478 e. The van der Waals surface area contributed by atoms with E-state index in [0.29, 0.717) is 45.3 Å². The lowest BCUT2D eigenvalue weighted by Crippen LogP contribution is -2.12. The first-order chi connectivity index (χ1) is 34.6. The number of carboxylic acids is 4. The zero-order chi connectivity index (χ0) is 51.3. The van der Waals surface area contributed by atoms with E-state index in [-0.39, 0.29) is 95.6 Å². The number of hydrogen-bond acceptors (Lipinski definition) is 22. The zero-order valence-electron chi connectivity index (χ0n) is 37.9. The number of carboxylic acid groups (broad SMARTS) is 4. The largest absolute Gasteiger partial charge is 0.478 e. The van der Waals surface area contributed by atoms with Crippen LogP contribution in [0, 0.1) is 13.8 Å². The van der Waals surface area contributed by atoms with Gasteiger partial charge in [0.05, 0.1) is 58.2 Å².